The van der Waals surface area contributed by atoms with Gasteiger partial charge in [-0.3, -0.25) is 0 Å². The van der Waals surface area contributed by atoms with Crippen LogP contribution in [0.5, 0.6) is 0 Å². The number of para-hydroxylation sites is 4. The fraction of sp³-hybridized carbons (Fsp3) is 0. The predicted octanol–water partition coefficient (Wildman–Crippen LogP) is 16.1. The third kappa shape index (κ3) is 4.17. The topological polar surface area (TPSA) is 6.48 Å². The number of anilines is 6. The Balaban J connectivity index is 1.04. The lowest BCUT2D eigenvalue weighted by Gasteiger charge is -2.40. The van der Waals surface area contributed by atoms with Gasteiger partial charge in [-0.05, 0) is 90.3 Å². The quantitative estimate of drug-likeness (QED) is 0.162. The van der Waals surface area contributed by atoms with Gasteiger partial charge in [0, 0.05) is 44.2 Å². The first-order valence-electron chi connectivity index (χ1n) is 20.9. The predicted molar refractivity (Wildman–Crippen MR) is 255 cm³/mol. The molecule has 0 unspecified atom stereocenters. The van der Waals surface area contributed by atoms with Crippen LogP contribution in [0.25, 0.3) is 75.8 Å². The number of fused-ring (bicyclic) bond motifs is 4. The van der Waals surface area contributed by atoms with Gasteiger partial charge in [-0.15, -0.1) is 0 Å². The maximum Gasteiger partial charge on any atom is 0.0541 e. The van der Waals surface area contributed by atoms with E-state index in [4.69, 9.17) is 0 Å². The molecule has 0 bridgehead atoms. The third-order valence-electron chi connectivity index (χ3n) is 13.4. The lowest BCUT2D eigenvalue weighted by molar-refractivity contribution is 1.23. The van der Waals surface area contributed by atoms with Gasteiger partial charge in [0.2, 0.25) is 0 Å². The maximum absolute atomic E-state index is 2.51. The van der Waals surface area contributed by atoms with Gasteiger partial charge in [-0.1, -0.05) is 170 Å². The Labute approximate surface area is 346 Å². The van der Waals surface area contributed by atoms with Crippen molar-refractivity contribution in [2.24, 2.45) is 0 Å². The first-order valence-corrected chi connectivity index (χ1v) is 20.9. The third-order valence-corrected chi connectivity index (χ3v) is 13.4. The fourth-order valence-electron chi connectivity index (χ4n) is 11.0. The van der Waals surface area contributed by atoms with E-state index in [-0.39, 0.29) is 0 Å². The van der Waals surface area contributed by atoms with Crippen molar-refractivity contribution in [1.82, 2.24) is 0 Å². The molecule has 2 heteroatoms. The molecule has 2 aliphatic rings. The monoisotopic (exact) mass is 758 g/mol. The van der Waals surface area contributed by atoms with Gasteiger partial charge < -0.3 is 9.80 Å². The Kier molecular flexibility index (Phi) is 6.32. The summed E-state index contributed by atoms with van der Waals surface area (Å²) in [5, 5.41) is 15.5. The fourth-order valence-corrected chi connectivity index (χ4v) is 11.0. The zero-order valence-electron chi connectivity index (χ0n) is 32.5. The average Bonchev–Trinajstić information content (AvgIpc) is 3.31. The summed E-state index contributed by atoms with van der Waals surface area (Å²) < 4.78 is 0. The van der Waals surface area contributed by atoms with E-state index in [9.17, 15) is 0 Å². The molecule has 0 spiro atoms. The van der Waals surface area contributed by atoms with Gasteiger partial charge in [0.05, 0.1) is 34.1 Å². The van der Waals surface area contributed by atoms with Crippen LogP contribution in [0.15, 0.2) is 206 Å². The molecule has 12 aromatic carbocycles. The van der Waals surface area contributed by atoms with Crippen LogP contribution in [0.4, 0.5) is 34.1 Å². The van der Waals surface area contributed by atoms with Gasteiger partial charge in [-0.25, -0.2) is 0 Å². The summed E-state index contributed by atoms with van der Waals surface area (Å²) >= 11 is 0. The van der Waals surface area contributed by atoms with E-state index in [1.807, 2.05) is 0 Å². The lowest BCUT2D eigenvalue weighted by Crippen LogP contribution is -2.22. The molecule has 0 aliphatic carbocycles. The van der Waals surface area contributed by atoms with Crippen LogP contribution in [0, 0.1) is 0 Å². The molecule has 60 heavy (non-hydrogen) atoms. The first-order chi connectivity index (χ1) is 29.8. The number of hydrogen-bond acceptors (Lipinski definition) is 2. The molecule has 0 aromatic heterocycles. The van der Waals surface area contributed by atoms with Gasteiger partial charge in [0.15, 0.2) is 0 Å². The summed E-state index contributed by atoms with van der Waals surface area (Å²) in [5.41, 5.74) is 14.5. The Hall–Kier alpha value is -7.94. The summed E-state index contributed by atoms with van der Waals surface area (Å²) in [6.45, 7) is 0. The number of benzene rings is 12. The molecule has 0 amide bonds. The molecule has 276 valence electrons. The van der Waals surface area contributed by atoms with E-state index in [1.54, 1.807) is 0 Å². The molecule has 12 aromatic rings. The molecular formula is C58H34N2. The van der Waals surface area contributed by atoms with Crippen LogP contribution in [0.2, 0.25) is 0 Å². The Morgan fingerprint density at radius 2 is 0.483 bits per heavy atom. The van der Waals surface area contributed by atoms with Crippen molar-refractivity contribution >= 4 is 110 Å². The minimum absolute atomic E-state index is 1.18. The minimum atomic E-state index is 1.18. The Morgan fingerprint density at radius 3 is 0.833 bits per heavy atom. The van der Waals surface area contributed by atoms with Crippen molar-refractivity contribution in [3.05, 3.63) is 229 Å². The van der Waals surface area contributed by atoms with E-state index in [0.29, 0.717) is 0 Å². The SMILES string of the molecule is c1ccc2c(c1)C(=C1c3ccccc3N(c3ccc4ccc5cccc6ccc3c4c56)c3ccccc31)c1ccccc1N2c1ccc2ccc3cccc4ccc1c2c34. The van der Waals surface area contributed by atoms with Crippen molar-refractivity contribution in [3.8, 4) is 0 Å². The minimum Gasteiger partial charge on any atom is -0.309 e. The average molecular weight is 759 g/mol. The standard InChI is InChI=1S/C58H34N2/c1-5-19-47-41(15-1)57(42-16-2-6-20-48(42)59(47)51-33-29-39-25-23-35-11-9-13-37-27-31-45(51)55(39)53(35)37)58-43-17-3-7-21-49(43)60(50-22-8-4-18-44(50)58)52-34-30-40-26-24-36-12-10-14-38-28-32-46(52)56(40)54(36)38/h1-34H. The van der Waals surface area contributed by atoms with Crippen LogP contribution in [-0.2, 0) is 0 Å². The summed E-state index contributed by atoms with van der Waals surface area (Å²) in [5.74, 6) is 0. The molecule has 0 atom stereocenters. The van der Waals surface area contributed by atoms with E-state index >= 15 is 0 Å². The summed E-state index contributed by atoms with van der Waals surface area (Å²) in [4.78, 5) is 5.02. The molecule has 0 saturated heterocycles. The van der Waals surface area contributed by atoms with Gasteiger partial charge in [-0.2, -0.15) is 0 Å². The van der Waals surface area contributed by atoms with Gasteiger partial charge >= 0.3 is 0 Å². The maximum atomic E-state index is 2.51. The molecule has 0 N–H and O–H groups in total. The lowest BCUT2D eigenvalue weighted by atomic mass is 9.79. The van der Waals surface area contributed by atoms with Crippen LogP contribution >= 0.6 is 0 Å². The highest BCUT2D eigenvalue weighted by Gasteiger charge is 2.36. The van der Waals surface area contributed by atoms with Gasteiger partial charge in [0.25, 0.3) is 0 Å². The van der Waals surface area contributed by atoms with Crippen molar-refractivity contribution in [2.45, 2.75) is 0 Å². The summed E-state index contributed by atoms with van der Waals surface area (Å²) in [6, 6.07) is 77.0. The second-order valence-electron chi connectivity index (χ2n) is 16.4. The van der Waals surface area contributed by atoms with Crippen molar-refractivity contribution in [1.29, 1.82) is 0 Å². The number of hydrogen-bond donors (Lipinski definition) is 0. The molecule has 2 heterocycles. The van der Waals surface area contributed by atoms with Crippen LogP contribution in [0.3, 0.4) is 0 Å². The van der Waals surface area contributed by atoms with E-state index in [0.717, 1.165) is 0 Å². The second-order valence-corrected chi connectivity index (χ2v) is 16.4. The van der Waals surface area contributed by atoms with Crippen molar-refractivity contribution in [3.63, 3.8) is 0 Å². The Morgan fingerprint density at radius 1 is 0.200 bits per heavy atom. The van der Waals surface area contributed by atoms with E-state index < -0.39 is 0 Å². The molecule has 0 fully saturated rings. The van der Waals surface area contributed by atoms with Gasteiger partial charge in [0.1, 0.15) is 0 Å². The summed E-state index contributed by atoms with van der Waals surface area (Å²) in [6.07, 6.45) is 0. The first kappa shape index (κ1) is 32.1. The van der Waals surface area contributed by atoms with Crippen molar-refractivity contribution in [2.75, 3.05) is 9.80 Å². The smallest absolute Gasteiger partial charge is 0.0541 e. The van der Waals surface area contributed by atoms with Crippen LogP contribution in [-0.4, -0.2) is 0 Å². The van der Waals surface area contributed by atoms with Crippen molar-refractivity contribution < 1.29 is 0 Å². The number of rotatable bonds is 2. The molecule has 0 radical (unpaired) electrons. The normalized spacial score (nSPS) is 13.5. The highest BCUT2D eigenvalue weighted by atomic mass is 15.2. The van der Waals surface area contributed by atoms with Crippen LogP contribution in [0.1, 0.15) is 22.3 Å². The molecule has 0 saturated carbocycles. The Bertz CT molecular complexity index is 3420. The largest absolute Gasteiger partial charge is 0.309 e. The van der Waals surface area contributed by atoms with E-state index in [2.05, 4.69) is 216 Å². The molecular weight excluding hydrogens is 725 g/mol. The highest BCUT2D eigenvalue weighted by Crippen LogP contribution is 2.58. The number of nitrogens with zero attached hydrogens (tertiary/aromatic N) is 2. The molecule has 14 rings (SSSR count). The molecule has 2 nitrogen and oxygen atoms in total. The van der Waals surface area contributed by atoms with Crippen LogP contribution < -0.4 is 9.80 Å². The summed E-state index contributed by atoms with van der Waals surface area (Å²) in [7, 11) is 0. The van der Waals surface area contributed by atoms with E-state index in [1.165, 1.54) is 132 Å². The molecule has 2 aliphatic heterocycles. The highest BCUT2D eigenvalue weighted by molar-refractivity contribution is 6.28. The zero-order chi connectivity index (χ0) is 39.1. The second kappa shape index (κ2) is 11.8. The zero-order valence-corrected chi connectivity index (χ0v) is 32.5.